The zero-order chi connectivity index (χ0) is 12.3. The van der Waals surface area contributed by atoms with Crippen LogP contribution in [0.5, 0.6) is 0 Å². The largest absolute Gasteiger partial charge is 0.391 e. The highest BCUT2D eigenvalue weighted by molar-refractivity contribution is 7.16. The fourth-order valence-electron chi connectivity index (χ4n) is 1.92. The molecule has 1 aliphatic rings. The van der Waals surface area contributed by atoms with E-state index in [1.165, 1.54) is 17.8 Å². The van der Waals surface area contributed by atoms with Gasteiger partial charge in [0.1, 0.15) is 5.15 Å². The van der Waals surface area contributed by atoms with Crippen LogP contribution in [0.25, 0.3) is 0 Å². The first-order valence-electron chi connectivity index (χ1n) is 5.79. The second kappa shape index (κ2) is 6.00. The van der Waals surface area contributed by atoms with E-state index in [-0.39, 0.29) is 12.7 Å². The van der Waals surface area contributed by atoms with Gasteiger partial charge in [-0.25, -0.2) is 4.98 Å². The number of rotatable bonds is 4. The summed E-state index contributed by atoms with van der Waals surface area (Å²) < 4.78 is 5.69. The minimum atomic E-state index is -0.0513. The molecular formula is C11H17ClN2O2S. The molecule has 17 heavy (non-hydrogen) atoms. The van der Waals surface area contributed by atoms with Gasteiger partial charge < -0.3 is 14.7 Å². The Labute approximate surface area is 110 Å². The summed E-state index contributed by atoms with van der Waals surface area (Å²) >= 11 is 7.35. The molecule has 1 aromatic rings. The van der Waals surface area contributed by atoms with E-state index in [1.807, 2.05) is 11.9 Å². The number of likely N-dealkylation sites (N-methyl/N-ethyl adjacent to an activating group) is 1. The minimum absolute atomic E-state index is 0.0513. The van der Waals surface area contributed by atoms with Crippen LogP contribution in [0.2, 0.25) is 5.15 Å². The number of aliphatic hydroxyl groups is 1. The Morgan fingerprint density at radius 3 is 3.00 bits per heavy atom. The number of thiazole rings is 1. The summed E-state index contributed by atoms with van der Waals surface area (Å²) in [6.07, 6.45) is 3.79. The highest BCUT2D eigenvalue weighted by atomic mass is 35.5. The first kappa shape index (κ1) is 13.1. The van der Waals surface area contributed by atoms with Crippen molar-refractivity contribution in [1.82, 2.24) is 4.98 Å². The van der Waals surface area contributed by atoms with Gasteiger partial charge in [0.25, 0.3) is 0 Å². The second-order valence-electron chi connectivity index (χ2n) is 4.24. The lowest BCUT2D eigenvalue weighted by molar-refractivity contribution is 0.0216. The molecule has 0 saturated carbocycles. The molecule has 4 nitrogen and oxygen atoms in total. The third-order valence-corrected chi connectivity index (χ3v) is 4.44. The lowest BCUT2D eigenvalue weighted by atomic mass is 10.1. The van der Waals surface area contributed by atoms with Crippen molar-refractivity contribution in [3.63, 3.8) is 0 Å². The molecule has 96 valence electrons. The maximum absolute atomic E-state index is 9.08. The van der Waals surface area contributed by atoms with Crippen LogP contribution in [0.4, 0.5) is 5.13 Å². The van der Waals surface area contributed by atoms with Crippen molar-refractivity contribution in [2.45, 2.75) is 32.0 Å². The topological polar surface area (TPSA) is 45.6 Å². The Morgan fingerprint density at radius 2 is 2.41 bits per heavy atom. The number of anilines is 1. The van der Waals surface area contributed by atoms with Crippen molar-refractivity contribution >= 4 is 28.1 Å². The molecule has 0 aliphatic carbocycles. The molecule has 2 rings (SSSR count). The smallest absolute Gasteiger partial charge is 0.186 e. The van der Waals surface area contributed by atoms with E-state index in [9.17, 15) is 0 Å². The third-order valence-electron chi connectivity index (χ3n) is 2.86. The van der Waals surface area contributed by atoms with Crippen molar-refractivity contribution in [3.8, 4) is 0 Å². The second-order valence-corrected chi connectivity index (χ2v) is 5.66. The molecule has 1 fully saturated rings. The van der Waals surface area contributed by atoms with Gasteiger partial charge in [-0.3, -0.25) is 0 Å². The minimum Gasteiger partial charge on any atom is -0.391 e. The Hall–Kier alpha value is -0.360. The van der Waals surface area contributed by atoms with Gasteiger partial charge in [-0.1, -0.05) is 22.9 Å². The van der Waals surface area contributed by atoms with Crippen LogP contribution in [-0.4, -0.2) is 36.4 Å². The van der Waals surface area contributed by atoms with E-state index in [0.29, 0.717) is 5.15 Å². The zero-order valence-electron chi connectivity index (χ0n) is 9.86. The highest BCUT2D eigenvalue weighted by Crippen LogP contribution is 2.29. The van der Waals surface area contributed by atoms with Gasteiger partial charge in [0, 0.05) is 20.2 Å². The van der Waals surface area contributed by atoms with E-state index in [0.717, 1.165) is 36.0 Å². The van der Waals surface area contributed by atoms with E-state index in [4.69, 9.17) is 21.4 Å². The summed E-state index contributed by atoms with van der Waals surface area (Å²) in [5.41, 5.74) is 0. The first-order valence-corrected chi connectivity index (χ1v) is 6.99. The number of halogens is 1. The van der Waals surface area contributed by atoms with E-state index < -0.39 is 0 Å². The summed E-state index contributed by atoms with van der Waals surface area (Å²) in [6.45, 7) is 1.64. The maximum Gasteiger partial charge on any atom is 0.186 e. The van der Waals surface area contributed by atoms with Crippen molar-refractivity contribution in [1.29, 1.82) is 0 Å². The Balaban J connectivity index is 1.95. The Bertz CT molecular complexity index is 366. The van der Waals surface area contributed by atoms with Crippen LogP contribution < -0.4 is 4.90 Å². The highest BCUT2D eigenvalue weighted by Gasteiger charge is 2.18. The van der Waals surface area contributed by atoms with Crippen LogP contribution in [-0.2, 0) is 11.3 Å². The maximum atomic E-state index is 9.08. The fourth-order valence-corrected chi connectivity index (χ4v) is 3.00. The van der Waals surface area contributed by atoms with Crippen LogP contribution >= 0.6 is 22.9 Å². The number of aliphatic hydroxyl groups excluding tert-OH is 1. The van der Waals surface area contributed by atoms with Gasteiger partial charge >= 0.3 is 0 Å². The fraction of sp³-hybridized carbons (Fsp3) is 0.727. The standard InChI is InChI=1S/C11H17ClN2O2S/c1-14(6-8-4-2-3-5-16-8)11-13-10(12)9(7-15)17-11/h8,15H,2-7H2,1H3. The molecule has 1 atom stereocenters. The monoisotopic (exact) mass is 276 g/mol. The predicted molar refractivity (Wildman–Crippen MR) is 69.9 cm³/mol. The lowest BCUT2D eigenvalue weighted by Crippen LogP contribution is -2.33. The van der Waals surface area contributed by atoms with E-state index >= 15 is 0 Å². The number of aromatic nitrogens is 1. The quantitative estimate of drug-likeness (QED) is 0.917. The molecule has 1 saturated heterocycles. The molecule has 2 heterocycles. The van der Waals surface area contributed by atoms with Gasteiger partial charge in [-0.05, 0) is 19.3 Å². The molecule has 0 radical (unpaired) electrons. The van der Waals surface area contributed by atoms with Gasteiger partial charge in [0.15, 0.2) is 5.13 Å². The average molecular weight is 277 g/mol. The summed E-state index contributed by atoms with van der Waals surface area (Å²) in [4.78, 5) is 7.01. The van der Waals surface area contributed by atoms with Crippen molar-refractivity contribution < 1.29 is 9.84 Å². The average Bonchev–Trinajstić information content (AvgIpc) is 2.72. The van der Waals surface area contributed by atoms with Gasteiger partial charge in [-0.15, -0.1) is 0 Å². The van der Waals surface area contributed by atoms with Gasteiger partial charge in [0.05, 0.1) is 17.6 Å². The van der Waals surface area contributed by atoms with Crippen molar-refractivity contribution in [3.05, 3.63) is 10.0 Å². The van der Waals surface area contributed by atoms with Crippen LogP contribution in [0.1, 0.15) is 24.1 Å². The lowest BCUT2D eigenvalue weighted by Gasteiger charge is -2.27. The van der Waals surface area contributed by atoms with Crippen molar-refractivity contribution in [2.75, 3.05) is 25.1 Å². The molecule has 1 N–H and O–H groups in total. The molecule has 1 unspecified atom stereocenters. The Morgan fingerprint density at radius 1 is 1.59 bits per heavy atom. The number of hydrogen-bond donors (Lipinski definition) is 1. The number of nitrogens with zero attached hydrogens (tertiary/aromatic N) is 2. The first-order chi connectivity index (χ1) is 8.20. The van der Waals surface area contributed by atoms with Gasteiger partial charge in [0.2, 0.25) is 0 Å². The molecule has 0 amide bonds. The van der Waals surface area contributed by atoms with E-state index in [2.05, 4.69) is 4.98 Å². The molecule has 0 bridgehead atoms. The van der Waals surface area contributed by atoms with Gasteiger partial charge in [-0.2, -0.15) is 0 Å². The summed E-state index contributed by atoms with van der Waals surface area (Å²) in [6, 6.07) is 0. The van der Waals surface area contributed by atoms with Crippen LogP contribution in [0.3, 0.4) is 0 Å². The third kappa shape index (κ3) is 3.31. The summed E-state index contributed by atoms with van der Waals surface area (Å²) in [5, 5.41) is 10.3. The normalized spacial score (nSPS) is 20.5. The molecular weight excluding hydrogens is 260 g/mol. The van der Waals surface area contributed by atoms with Crippen molar-refractivity contribution in [2.24, 2.45) is 0 Å². The molecule has 1 aliphatic heterocycles. The van der Waals surface area contributed by atoms with Crippen LogP contribution in [0, 0.1) is 0 Å². The number of ether oxygens (including phenoxy) is 1. The predicted octanol–water partition coefficient (Wildman–Crippen LogP) is 2.29. The summed E-state index contributed by atoms with van der Waals surface area (Å²) in [5.74, 6) is 0. The molecule has 1 aromatic heterocycles. The number of hydrogen-bond acceptors (Lipinski definition) is 5. The Kier molecular flexibility index (Phi) is 4.62. The van der Waals surface area contributed by atoms with Crippen LogP contribution in [0.15, 0.2) is 0 Å². The molecule has 0 spiro atoms. The summed E-state index contributed by atoms with van der Waals surface area (Å²) in [7, 11) is 1.98. The molecule has 0 aromatic carbocycles. The van der Waals surface area contributed by atoms with E-state index in [1.54, 1.807) is 0 Å². The zero-order valence-corrected chi connectivity index (χ0v) is 11.4. The molecule has 6 heteroatoms. The SMILES string of the molecule is CN(CC1CCCCO1)c1nc(Cl)c(CO)s1.